The van der Waals surface area contributed by atoms with Gasteiger partial charge in [0.25, 0.3) is 5.91 Å². The van der Waals surface area contributed by atoms with Crippen LogP contribution in [0.4, 0.5) is 4.79 Å². The maximum Gasteiger partial charge on any atom is 0.325 e. The van der Waals surface area contributed by atoms with Crippen LogP contribution in [0, 0.1) is 0 Å². The molecule has 1 aliphatic rings. The smallest absolute Gasteiger partial charge is 0.325 e. The quantitative estimate of drug-likeness (QED) is 0.556. The van der Waals surface area contributed by atoms with Gasteiger partial charge in [0, 0.05) is 6.20 Å². The number of rotatable bonds is 7. The Labute approximate surface area is 178 Å². The Morgan fingerprint density at radius 2 is 1.97 bits per heavy atom. The van der Waals surface area contributed by atoms with Gasteiger partial charge in [0.05, 0.1) is 26.1 Å². The minimum atomic E-state index is -0.909. The van der Waals surface area contributed by atoms with Crippen LogP contribution in [0.5, 0.6) is 5.75 Å². The molecule has 2 N–H and O–H groups in total. The van der Waals surface area contributed by atoms with E-state index in [0.717, 1.165) is 10.5 Å². The molecular formula is C21H22N6O4. The zero-order valence-electron chi connectivity index (χ0n) is 17.1. The lowest BCUT2D eigenvalue weighted by molar-refractivity contribution is -0.131. The number of fused-ring (bicyclic) bond motifs is 1. The SMILES string of the molecule is COc1ccc(CN2C(=O)N[C@H](CC(=O)N[C@@H](C)c3nnc4ccccn34)C2=O)cc1. The zero-order chi connectivity index (χ0) is 22.0. The van der Waals surface area contributed by atoms with Crippen molar-refractivity contribution in [3.8, 4) is 5.75 Å². The van der Waals surface area contributed by atoms with Crippen molar-refractivity contribution in [2.24, 2.45) is 0 Å². The summed E-state index contributed by atoms with van der Waals surface area (Å²) in [6.07, 6.45) is 1.65. The average molecular weight is 422 g/mol. The number of nitrogens with one attached hydrogen (secondary N) is 2. The Balaban J connectivity index is 1.37. The number of hydrogen-bond donors (Lipinski definition) is 2. The van der Waals surface area contributed by atoms with Gasteiger partial charge in [0.1, 0.15) is 11.8 Å². The minimum Gasteiger partial charge on any atom is -0.497 e. The molecule has 3 aromatic rings. The van der Waals surface area contributed by atoms with E-state index in [1.807, 2.05) is 24.4 Å². The van der Waals surface area contributed by atoms with E-state index in [0.29, 0.717) is 17.2 Å². The summed E-state index contributed by atoms with van der Waals surface area (Å²) in [4.78, 5) is 38.6. The molecule has 0 saturated carbocycles. The average Bonchev–Trinajstić information content (AvgIpc) is 3.31. The van der Waals surface area contributed by atoms with Crippen LogP contribution in [0.2, 0.25) is 0 Å². The van der Waals surface area contributed by atoms with E-state index < -0.39 is 24.0 Å². The van der Waals surface area contributed by atoms with Crippen LogP contribution in [0.15, 0.2) is 48.7 Å². The number of imide groups is 1. The molecule has 0 unspecified atom stereocenters. The van der Waals surface area contributed by atoms with Gasteiger partial charge in [-0.15, -0.1) is 10.2 Å². The highest BCUT2D eigenvalue weighted by molar-refractivity contribution is 6.05. The van der Waals surface area contributed by atoms with Crippen molar-refractivity contribution in [1.29, 1.82) is 0 Å². The first-order valence-electron chi connectivity index (χ1n) is 9.80. The Morgan fingerprint density at radius 3 is 2.71 bits per heavy atom. The van der Waals surface area contributed by atoms with Crippen LogP contribution < -0.4 is 15.4 Å². The number of aromatic nitrogens is 3. The summed E-state index contributed by atoms with van der Waals surface area (Å²) in [6, 6.07) is 10.7. The molecule has 4 rings (SSSR count). The van der Waals surface area contributed by atoms with Crippen LogP contribution in [0.25, 0.3) is 5.65 Å². The van der Waals surface area contributed by atoms with Gasteiger partial charge in [-0.3, -0.25) is 18.9 Å². The molecule has 1 aliphatic heterocycles. The lowest BCUT2D eigenvalue weighted by Gasteiger charge is -2.15. The monoisotopic (exact) mass is 422 g/mol. The molecule has 10 heteroatoms. The van der Waals surface area contributed by atoms with Crippen LogP contribution in [0.1, 0.15) is 30.8 Å². The van der Waals surface area contributed by atoms with Gasteiger partial charge < -0.3 is 15.4 Å². The topological polar surface area (TPSA) is 118 Å². The molecule has 31 heavy (non-hydrogen) atoms. The van der Waals surface area contributed by atoms with Gasteiger partial charge in [-0.2, -0.15) is 0 Å². The molecule has 1 fully saturated rings. The molecule has 160 valence electrons. The fourth-order valence-corrected chi connectivity index (χ4v) is 3.48. The Kier molecular flexibility index (Phi) is 5.52. The molecule has 0 aliphatic carbocycles. The Morgan fingerprint density at radius 1 is 1.19 bits per heavy atom. The molecule has 1 aromatic carbocycles. The van der Waals surface area contributed by atoms with Gasteiger partial charge in [0.15, 0.2) is 11.5 Å². The lowest BCUT2D eigenvalue weighted by Crippen LogP contribution is -2.37. The van der Waals surface area contributed by atoms with E-state index in [-0.39, 0.29) is 18.9 Å². The van der Waals surface area contributed by atoms with E-state index >= 15 is 0 Å². The zero-order valence-corrected chi connectivity index (χ0v) is 17.1. The summed E-state index contributed by atoms with van der Waals surface area (Å²) >= 11 is 0. The van der Waals surface area contributed by atoms with Crippen molar-refractivity contribution in [2.75, 3.05) is 7.11 Å². The van der Waals surface area contributed by atoms with E-state index in [2.05, 4.69) is 20.8 Å². The number of ether oxygens (including phenoxy) is 1. The number of urea groups is 1. The first-order valence-corrected chi connectivity index (χ1v) is 9.80. The summed E-state index contributed by atoms with van der Waals surface area (Å²) in [5, 5.41) is 13.6. The standard InChI is InChI=1S/C21H22N6O4/c1-13(19-25-24-17-5-3-4-10-26(17)19)22-18(28)11-16-20(29)27(21(30)23-16)12-14-6-8-15(31-2)9-7-14/h3-10,13,16H,11-12H2,1-2H3,(H,22,28)(H,23,30)/t13-,16+/m0/s1. The number of benzene rings is 1. The van der Waals surface area contributed by atoms with Crippen molar-refractivity contribution >= 4 is 23.5 Å². The lowest BCUT2D eigenvalue weighted by atomic mass is 10.1. The van der Waals surface area contributed by atoms with Gasteiger partial charge >= 0.3 is 6.03 Å². The van der Waals surface area contributed by atoms with Crippen molar-refractivity contribution in [1.82, 2.24) is 30.1 Å². The predicted octanol–water partition coefficient (Wildman–Crippen LogP) is 1.43. The second-order valence-electron chi connectivity index (χ2n) is 7.25. The minimum absolute atomic E-state index is 0.120. The summed E-state index contributed by atoms with van der Waals surface area (Å²) in [5.41, 5.74) is 1.45. The fourth-order valence-electron chi connectivity index (χ4n) is 3.48. The third-order valence-electron chi connectivity index (χ3n) is 5.10. The second kappa shape index (κ2) is 8.42. The molecular weight excluding hydrogens is 400 g/mol. The number of hydrogen-bond acceptors (Lipinski definition) is 6. The number of amides is 4. The first-order chi connectivity index (χ1) is 15.0. The van der Waals surface area contributed by atoms with Crippen molar-refractivity contribution in [3.63, 3.8) is 0 Å². The first kappa shape index (κ1) is 20.3. The van der Waals surface area contributed by atoms with Gasteiger partial charge in [-0.25, -0.2) is 4.79 Å². The van der Waals surface area contributed by atoms with Crippen molar-refractivity contribution < 1.29 is 19.1 Å². The maximum absolute atomic E-state index is 12.7. The van der Waals surface area contributed by atoms with Gasteiger partial charge in [0.2, 0.25) is 5.91 Å². The maximum atomic E-state index is 12.7. The number of methoxy groups -OCH3 is 1. The van der Waals surface area contributed by atoms with E-state index in [4.69, 9.17) is 4.74 Å². The van der Waals surface area contributed by atoms with E-state index in [1.54, 1.807) is 42.7 Å². The van der Waals surface area contributed by atoms with Crippen molar-refractivity contribution in [2.45, 2.75) is 32.0 Å². The molecule has 0 bridgehead atoms. The number of carbonyl (C=O) groups is 3. The molecule has 0 spiro atoms. The largest absolute Gasteiger partial charge is 0.497 e. The summed E-state index contributed by atoms with van der Waals surface area (Å²) in [7, 11) is 1.56. The van der Waals surface area contributed by atoms with Gasteiger partial charge in [-0.1, -0.05) is 18.2 Å². The number of carbonyl (C=O) groups excluding carboxylic acids is 3. The highest BCUT2D eigenvalue weighted by atomic mass is 16.5. The Bertz CT molecular complexity index is 1130. The van der Waals surface area contributed by atoms with Crippen molar-refractivity contribution in [3.05, 3.63) is 60.0 Å². The molecule has 2 atom stereocenters. The van der Waals surface area contributed by atoms with Crippen LogP contribution in [0.3, 0.4) is 0 Å². The van der Waals surface area contributed by atoms with Crippen LogP contribution in [-0.4, -0.2) is 50.5 Å². The molecule has 10 nitrogen and oxygen atoms in total. The summed E-state index contributed by atoms with van der Waals surface area (Å²) in [6.45, 7) is 1.90. The third-order valence-corrected chi connectivity index (χ3v) is 5.10. The molecule has 0 radical (unpaired) electrons. The molecule has 4 amide bonds. The number of pyridine rings is 1. The summed E-state index contributed by atoms with van der Waals surface area (Å²) in [5.74, 6) is 0.457. The second-order valence-corrected chi connectivity index (χ2v) is 7.25. The molecule has 2 aromatic heterocycles. The fraction of sp³-hybridized carbons (Fsp3) is 0.286. The molecule has 1 saturated heterocycles. The number of nitrogens with zero attached hydrogens (tertiary/aromatic N) is 4. The van der Waals surface area contributed by atoms with E-state index in [9.17, 15) is 14.4 Å². The predicted molar refractivity (Wildman–Crippen MR) is 110 cm³/mol. The van der Waals surface area contributed by atoms with E-state index in [1.165, 1.54) is 0 Å². The highest BCUT2D eigenvalue weighted by Crippen LogP contribution is 2.18. The normalized spacial score (nSPS) is 17.0. The third kappa shape index (κ3) is 4.18. The Hall–Kier alpha value is -3.95. The van der Waals surface area contributed by atoms with Crippen LogP contribution in [-0.2, 0) is 16.1 Å². The van der Waals surface area contributed by atoms with Gasteiger partial charge in [-0.05, 0) is 36.8 Å². The highest BCUT2D eigenvalue weighted by Gasteiger charge is 2.39. The summed E-state index contributed by atoms with van der Waals surface area (Å²) < 4.78 is 6.89. The van der Waals surface area contributed by atoms with Crippen LogP contribution >= 0.6 is 0 Å². The molecule has 3 heterocycles.